The molecular weight excluding hydrogens is 274 g/mol. The molecule has 3 rings (SSSR count). The van der Waals surface area contributed by atoms with Gasteiger partial charge in [0.2, 0.25) is 0 Å². The van der Waals surface area contributed by atoms with E-state index in [2.05, 4.69) is 67.0 Å². The number of hydrogen-bond acceptors (Lipinski definition) is 2. The number of piperidine rings is 1. The van der Waals surface area contributed by atoms with Gasteiger partial charge in [0.25, 0.3) is 0 Å². The van der Waals surface area contributed by atoms with E-state index in [1.807, 2.05) is 11.8 Å². The number of nitrogens with one attached hydrogen (secondary N) is 1. The number of benzene rings is 2. The van der Waals surface area contributed by atoms with Crippen LogP contribution in [0, 0.1) is 6.92 Å². The van der Waals surface area contributed by atoms with Gasteiger partial charge < -0.3 is 5.32 Å². The van der Waals surface area contributed by atoms with Crippen molar-refractivity contribution in [2.24, 2.45) is 0 Å². The second-order valence-corrected chi connectivity index (χ2v) is 6.77. The van der Waals surface area contributed by atoms with Gasteiger partial charge >= 0.3 is 0 Å². The summed E-state index contributed by atoms with van der Waals surface area (Å²) in [5.74, 6) is 1.21. The fourth-order valence-electron chi connectivity index (χ4n) is 3.36. The van der Waals surface area contributed by atoms with E-state index in [-0.39, 0.29) is 0 Å². The smallest absolute Gasteiger partial charge is 0.00693 e. The van der Waals surface area contributed by atoms with Crippen molar-refractivity contribution in [1.82, 2.24) is 5.32 Å². The minimum Gasteiger partial charge on any atom is -0.316 e. The molecule has 0 spiro atoms. The third-order valence-electron chi connectivity index (χ3n) is 4.50. The van der Waals surface area contributed by atoms with Gasteiger partial charge in [-0.1, -0.05) is 42.0 Å². The Kier molecular flexibility index (Phi) is 4.67. The second kappa shape index (κ2) is 6.67. The lowest BCUT2D eigenvalue weighted by Crippen LogP contribution is -2.34. The third kappa shape index (κ3) is 3.33. The van der Waals surface area contributed by atoms with Gasteiger partial charge in [0.1, 0.15) is 0 Å². The van der Waals surface area contributed by atoms with E-state index in [1.54, 1.807) is 0 Å². The summed E-state index contributed by atoms with van der Waals surface area (Å²) in [6.45, 7) is 4.39. The largest absolute Gasteiger partial charge is 0.316 e. The van der Waals surface area contributed by atoms with E-state index < -0.39 is 0 Å². The van der Waals surface area contributed by atoms with Gasteiger partial charge in [0, 0.05) is 17.4 Å². The number of rotatable bonds is 3. The molecule has 0 radical (unpaired) electrons. The maximum Gasteiger partial charge on any atom is 0.00693 e. The van der Waals surface area contributed by atoms with Crippen LogP contribution in [0.1, 0.15) is 34.9 Å². The average molecular weight is 297 g/mol. The van der Waals surface area contributed by atoms with E-state index in [0.29, 0.717) is 11.8 Å². The van der Waals surface area contributed by atoms with Crippen molar-refractivity contribution in [3.05, 3.63) is 65.2 Å². The molecule has 2 unspecified atom stereocenters. The molecule has 0 aromatic heterocycles. The molecule has 0 aliphatic carbocycles. The lowest BCUT2D eigenvalue weighted by molar-refractivity contribution is 0.404. The van der Waals surface area contributed by atoms with Crippen LogP contribution in [0.15, 0.2) is 53.4 Å². The molecule has 0 amide bonds. The Bertz CT molecular complexity index is 591. The molecule has 1 nitrogen and oxygen atoms in total. The second-order valence-electron chi connectivity index (χ2n) is 5.89. The zero-order valence-electron chi connectivity index (χ0n) is 12.8. The van der Waals surface area contributed by atoms with Crippen LogP contribution in [-0.4, -0.2) is 19.3 Å². The molecule has 1 aliphatic heterocycles. The Balaban J connectivity index is 1.90. The summed E-state index contributed by atoms with van der Waals surface area (Å²) in [6.07, 6.45) is 3.35. The standard InChI is InChI=1S/C19H23NS/c1-14-4-3-5-16(12-14)19-13-20-11-10-18(19)15-6-8-17(21-2)9-7-15/h3-9,12,18-20H,10-11,13H2,1-2H3. The van der Waals surface area contributed by atoms with Gasteiger partial charge in [0.15, 0.2) is 0 Å². The van der Waals surface area contributed by atoms with Crippen molar-refractivity contribution in [2.75, 3.05) is 19.3 Å². The molecule has 1 N–H and O–H groups in total. The highest BCUT2D eigenvalue weighted by atomic mass is 32.2. The molecular formula is C19H23NS. The van der Waals surface area contributed by atoms with Crippen LogP contribution in [0.5, 0.6) is 0 Å². The van der Waals surface area contributed by atoms with E-state index in [0.717, 1.165) is 13.1 Å². The van der Waals surface area contributed by atoms with Crippen LogP contribution < -0.4 is 5.32 Å². The lowest BCUT2D eigenvalue weighted by atomic mass is 9.77. The first kappa shape index (κ1) is 14.7. The molecule has 1 fully saturated rings. The van der Waals surface area contributed by atoms with Gasteiger partial charge in [-0.3, -0.25) is 0 Å². The summed E-state index contributed by atoms with van der Waals surface area (Å²) in [4.78, 5) is 1.35. The van der Waals surface area contributed by atoms with Gasteiger partial charge in [-0.2, -0.15) is 0 Å². The normalized spacial score (nSPS) is 22.2. The van der Waals surface area contributed by atoms with Gasteiger partial charge in [-0.25, -0.2) is 0 Å². The van der Waals surface area contributed by atoms with E-state index in [9.17, 15) is 0 Å². The van der Waals surface area contributed by atoms with Crippen molar-refractivity contribution in [1.29, 1.82) is 0 Å². The third-order valence-corrected chi connectivity index (χ3v) is 5.24. The van der Waals surface area contributed by atoms with E-state index in [1.165, 1.54) is 28.0 Å². The highest BCUT2D eigenvalue weighted by Gasteiger charge is 2.27. The topological polar surface area (TPSA) is 12.0 Å². The zero-order chi connectivity index (χ0) is 14.7. The average Bonchev–Trinajstić information content (AvgIpc) is 2.55. The minimum absolute atomic E-state index is 0.582. The minimum atomic E-state index is 0.582. The summed E-state index contributed by atoms with van der Waals surface area (Å²) >= 11 is 1.81. The molecule has 2 aromatic rings. The van der Waals surface area contributed by atoms with E-state index in [4.69, 9.17) is 0 Å². The highest BCUT2D eigenvalue weighted by molar-refractivity contribution is 7.98. The van der Waals surface area contributed by atoms with Gasteiger partial charge in [-0.05, 0) is 55.3 Å². The van der Waals surface area contributed by atoms with Crippen LogP contribution in [0.4, 0.5) is 0 Å². The summed E-state index contributed by atoms with van der Waals surface area (Å²) < 4.78 is 0. The van der Waals surface area contributed by atoms with Gasteiger partial charge in [0.05, 0.1) is 0 Å². The number of thioether (sulfide) groups is 1. The van der Waals surface area contributed by atoms with Crippen LogP contribution >= 0.6 is 11.8 Å². The summed E-state index contributed by atoms with van der Waals surface area (Å²) in [5, 5.41) is 3.57. The highest BCUT2D eigenvalue weighted by Crippen LogP contribution is 2.37. The molecule has 21 heavy (non-hydrogen) atoms. The fraction of sp³-hybridized carbons (Fsp3) is 0.368. The Labute approximate surface area is 132 Å². The quantitative estimate of drug-likeness (QED) is 0.832. The van der Waals surface area contributed by atoms with Gasteiger partial charge in [-0.15, -0.1) is 11.8 Å². The van der Waals surface area contributed by atoms with Crippen molar-refractivity contribution >= 4 is 11.8 Å². The number of aryl methyl sites for hydroxylation is 1. The molecule has 1 heterocycles. The summed E-state index contributed by atoms with van der Waals surface area (Å²) in [5.41, 5.74) is 4.32. The molecule has 2 atom stereocenters. The maximum atomic E-state index is 3.57. The summed E-state index contributed by atoms with van der Waals surface area (Å²) in [6, 6.07) is 18.2. The Hall–Kier alpha value is -1.25. The monoisotopic (exact) mass is 297 g/mol. The molecule has 2 heteroatoms. The van der Waals surface area contributed by atoms with Crippen LogP contribution in [0.3, 0.4) is 0 Å². The maximum absolute atomic E-state index is 3.57. The van der Waals surface area contributed by atoms with Crippen molar-refractivity contribution < 1.29 is 0 Å². The van der Waals surface area contributed by atoms with Crippen molar-refractivity contribution in [3.63, 3.8) is 0 Å². The predicted octanol–water partition coefficient (Wildman–Crippen LogP) is 4.58. The van der Waals surface area contributed by atoms with Crippen molar-refractivity contribution in [3.8, 4) is 0 Å². The molecule has 0 bridgehead atoms. The van der Waals surface area contributed by atoms with Crippen LogP contribution in [0.25, 0.3) is 0 Å². The first-order valence-electron chi connectivity index (χ1n) is 7.69. The first-order valence-corrected chi connectivity index (χ1v) is 8.91. The number of hydrogen-bond donors (Lipinski definition) is 1. The Morgan fingerprint density at radius 3 is 2.52 bits per heavy atom. The molecule has 2 aromatic carbocycles. The molecule has 1 aliphatic rings. The lowest BCUT2D eigenvalue weighted by Gasteiger charge is -2.33. The summed E-state index contributed by atoms with van der Waals surface area (Å²) in [7, 11) is 0. The molecule has 110 valence electrons. The Morgan fingerprint density at radius 2 is 1.81 bits per heavy atom. The predicted molar refractivity (Wildman–Crippen MR) is 92.4 cm³/mol. The fourth-order valence-corrected chi connectivity index (χ4v) is 3.77. The zero-order valence-corrected chi connectivity index (χ0v) is 13.6. The Morgan fingerprint density at radius 1 is 1.00 bits per heavy atom. The van der Waals surface area contributed by atoms with Crippen LogP contribution in [0.2, 0.25) is 0 Å². The molecule has 1 saturated heterocycles. The van der Waals surface area contributed by atoms with Crippen LogP contribution in [-0.2, 0) is 0 Å². The SMILES string of the molecule is CSc1ccc(C2CCNCC2c2cccc(C)c2)cc1. The molecule has 0 saturated carbocycles. The van der Waals surface area contributed by atoms with E-state index >= 15 is 0 Å². The first-order chi connectivity index (χ1) is 10.3. The van der Waals surface area contributed by atoms with Crippen molar-refractivity contribution in [2.45, 2.75) is 30.1 Å².